The molecule has 1 saturated carbocycles. The van der Waals surface area contributed by atoms with Gasteiger partial charge in [0.1, 0.15) is 0 Å². The van der Waals surface area contributed by atoms with Crippen LogP contribution in [0.4, 0.5) is 4.79 Å². The largest absolute Gasteiger partial charge is 0.465 e. The second-order valence-corrected chi connectivity index (χ2v) is 8.45. The number of carbonyl (C=O) groups is 2. The van der Waals surface area contributed by atoms with Gasteiger partial charge in [-0.15, -0.1) is 0 Å². The highest BCUT2D eigenvalue weighted by molar-refractivity contribution is 6.04. The quantitative estimate of drug-likeness (QED) is 0.528. The molecule has 1 aliphatic heterocycles. The number of hydrogen-bond acceptors (Lipinski definition) is 3. The van der Waals surface area contributed by atoms with Crippen molar-refractivity contribution in [3.8, 4) is 11.3 Å². The smallest absolute Gasteiger partial charge is 0.337 e. The van der Waals surface area contributed by atoms with Gasteiger partial charge in [-0.1, -0.05) is 49.6 Å². The number of carbonyl (C=O) groups excluding carboxylic acids is 2. The van der Waals surface area contributed by atoms with Crippen molar-refractivity contribution in [3.05, 3.63) is 59.2 Å². The molecule has 1 aromatic heterocycles. The maximum Gasteiger partial charge on any atom is 0.337 e. The van der Waals surface area contributed by atoms with E-state index >= 15 is 0 Å². The van der Waals surface area contributed by atoms with Crippen LogP contribution in [0.15, 0.2) is 42.5 Å². The Hall–Kier alpha value is -3.08. The predicted molar refractivity (Wildman–Crippen MR) is 117 cm³/mol. The van der Waals surface area contributed by atoms with E-state index in [1.54, 1.807) is 4.90 Å². The van der Waals surface area contributed by atoms with E-state index in [1.165, 1.54) is 31.9 Å². The minimum Gasteiger partial charge on any atom is -0.465 e. The number of ether oxygens (including phenoxy) is 1. The van der Waals surface area contributed by atoms with Crippen molar-refractivity contribution in [3.63, 3.8) is 0 Å². The van der Waals surface area contributed by atoms with Gasteiger partial charge in [0, 0.05) is 24.5 Å². The summed E-state index contributed by atoms with van der Waals surface area (Å²) in [6, 6.07) is 13.9. The van der Waals surface area contributed by atoms with Crippen molar-refractivity contribution >= 4 is 22.9 Å². The summed E-state index contributed by atoms with van der Waals surface area (Å²) in [5.41, 5.74) is 5.79. The number of hydrogen-bond donors (Lipinski definition) is 0. The third-order valence-corrected chi connectivity index (χ3v) is 6.64. The maximum atomic E-state index is 13.5. The van der Waals surface area contributed by atoms with E-state index in [0.29, 0.717) is 18.0 Å². The number of methoxy groups -OCH3 is 1. The maximum absolute atomic E-state index is 13.5. The summed E-state index contributed by atoms with van der Waals surface area (Å²) in [6.45, 7) is 0.568. The summed E-state index contributed by atoms with van der Waals surface area (Å²) in [4.78, 5) is 27.5. The molecule has 30 heavy (non-hydrogen) atoms. The van der Waals surface area contributed by atoms with E-state index in [4.69, 9.17) is 4.74 Å². The molecule has 1 aliphatic carbocycles. The Kier molecular flexibility index (Phi) is 4.61. The molecule has 0 bridgehead atoms. The van der Waals surface area contributed by atoms with Gasteiger partial charge < -0.3 is 9.64 Å². The first-order valence-corrected chi connectivity index (χ1v) is 10.7. The van der Waals surface area contributed by atoms with Gasteiger partial charge in [-0.05, 0) is 42.0 Å². The molecule has 3 aromatic rings. The Labute approximate surface area is 176 Å². The Morgan fingerprint density at radius 2 is 1.83 bits per heavy atom. The van der Waals surface area contributed by atoms with Gasteiger partial charge in [0.05, 0.1) is 23.9 Å². The van der Waals surface area contributed by atoms with Gasteiger partial charge in [-0.2, -0.15) is 0 Å². The lowest BCUT2D eigenvalue weighted by Crippen LogP contribution is -2.29. The zero-order valence-corrected chi connectivity index (χ0v) is 17.5. The number of benzene rings is 2. The van der Waals surface area contributed by atoms with Crippen LogP contribution in [-0.4, -0.2) is 35.6 Å². The Morgan fingerprint density at radius 1 is 1.07 bits per heavy atom. The van der Waals surface area contributed by atoms with Crippen molar-refractivity contribution in [2.75, 3.05) is 14.2 Å². The molecule has 0 radical (unpaired) electrons. The number of amides is 1. The lowest BCUT2D eigenvalue weighted by Gasteiger charge is -2.23. The van der Waals surface area contributed by atoms with E-state index in [-0.39, 0.29) is 12.0 Å². The minimum atomic E-state index is -0.388. The number of rotatable bonds is 2. The van der Waals surface area contributed by atoms with Crippen LogP contribution in [-0.2, 0) is 11.3 Å². The van der Waals surface area contributed by atoms with Crippen LogP contribution < -0.4 is 0 Å². The number of fused-ring (bicyclic) bond motifs is 5. The standard InChI is InChI=1S/C25H26N2O3/c1-26-15-18-10-6-7-11-19(18)23-22(16-8-4-3-5-9-16)20-13-12-17(24(28)30-2)14-21(20)27(23)25(26)29/h6-7,10-14,16H,3-5,8-9,15H2,1-2H3. The van der Waals surface area contributed by atoms with Crippen LogP contribution >= 0.6 is 0 Å². The van der Waals surface area contributed by atoms with Crippen LogP contribution in [0.25, 0.3) is 22.2 Å². The lowest BCUT2D eigenvalue weighted by atomic mass is 9.81. The summed E-state index contributed by atoms with van der Waals surface area (Å²) in [5.74, 6) is 0.0345. The monoisotopic (exact) mass is 402 g/mol. The first-order valence-electron chi connectivity index (χ1n) is 10.7. The minimum absolute atomic E-state index is 0.0599. The van der Waals surface area contributed by atoms with Gasteiger partial charge >= 0.3 is 12.0 Å². The van der Waals surface area contributed by atoms with Gasteiger partial charge in [0.2, 0.25) is 0 Å². The van der Waals surface area contributed by atoms with E-state index in [1.807, 2.05) is 41.9 Å². The molecule has 5 rings (SSSR count). The van der Waals surface area contributed by atoms with E-state index in [9.17, 15) is 9.59 Å². The summed E-state index contributed by atoms with van der Waals surface area (Å²) >= 11 is 0. The highest BCUT2D eigenvalue weighted by atomic mass is 16.5. The number of nitrogens with zero attached hydrogens (tertiary/aromatic N) is 2. The molecule has 0 spiro atoms. The van der Waals surface area contributed by atoms with Crippen LogP contribution in [0.3, 0.4) is 0 Å². The summed E-state index contributed by atoms with van der Waals surface area (Å²) in [5, 5.41) is 1.07. The van der Waals surface area contributed by atoms with Crippen LogP contribution in [0.1, 0.15) is 59.5 Å². The van der Waals surface area contributed by atoms with Crippen molar-refractivity contribution < 1.29 is 14.3 Å². The molecule has 0 atom stereocenters. The summed E-state index contributed by atoms with van der Waals surface area (Å²) in [6.07, 6.45) is 5.97. The van der Waals surface area contributed by atoms with Crippen LogP contribution in [0.2, 0.25) is 0 Å². The van der Waals surface area contributed by atoms with Gasteiger partial charge in [0.25, 0.3) is 0 Å². The molecular formula is C25H26N2O3. The SMILES string of the molecule is COC(=O)c1ccc2c(C3CCCCC3)c3n(c2c1)C(=O)N(C)Cc1ccccc1-3. The molecule has 2 aromatic carbocycles. The van der Waals surface area contributed by atoms with E-state index in [0.717, 1.165) is 40.6 Å². The topological polar surface area (TPSA) is 51.5 Å². The van der Waals surface area contributed by atoms with Crippen molar-refractivity contribution in [1.82, 2.24) is 9.47 Å². The zero-order valence-electron chi connectivity index (χ0n) is 17.5. The average molecular weight is 402 g/mol. The molecule has 5 heteroatoms. The van der Waals surface area contributed by atoms with Gasteiger partial charge in [-0.3, -0.25) is 4.57 Å². The molecule has 0 unspecified atom stereocenters. The second-order valence-electron chi connectivity index (χ2n) is 8.45. The van der Waals surface area contributed by atoms with Crippen LogP contribution in [0, 0.1) is 0 Å². The molecular weight excluding hydrogens is 376 g/mol. The highest BCUT2D eigenvalue weighted by Gasteiger charge is 2.33. The Bertz CT molecular complexity index is 1150. The molecule has 0 saturated heterocycles. The summed E-state index contributed by atoms with van der Waals surface area (Å²) < 4.78 is 6.77. The van der Waals surface area contributed by atoms with E-state index < -0.39 is 0 Å². The van der Waals surface area contributed by atoms with Crippen molar-refractivity contribution in [2.45, 2.75) is 44.6 Å². The average Bonchev–Trinajstić information content (AvgIpc) is 3.07. The highest BCUT2D eigenvalue weighted by Crippen LogP contribution is 2.46. The number of esters is 1. The first-order chi connectivity index (χ1) is 14.6. The van der Waals surface area contributed by atoms with Crippen molar-refractivity contribution in [2.24, 2.45) is 0 Å². The lowest BCUT2D eigenvalue weighted by molar-refractivity contribution is 0.0601. The number of aromatic nitrogens is 1. The van der Waals surface area contributed by atoms with Crippen molar-refractivity contribution in [1.29, 1.82) is 0 Å². The predicted octanol–water partition coefficient (Wildman–Crippen LogP) is 5.56. The molecule has 1 amide bonds. The molecule has 2 heterocycles. The first kappa shape index (κ1) is 18.9. The molecule has 154 valence electrons. The molecule has 5 nitrogen and oxygen atoms in total. The third-order valence-electron chi connectivity index (χ3n) is 6.64. The fourth-order valence-electron chi connectivity index (χ4n) is 5.21. The molecule has 1 fully saturated rings. The fraction of sp³-hybridized carbons (Fsp3) is 0.360. The second kappa shape index (κ2) is 7.31. The van der Waals surface area contributed by atoms with Gasteiger partial charge in [-0.25, -0.2) is 9.59 Å². The van der Waals surface area contributed by atoms with E-state index in [2.05, 4.69) is 12.1 Å². The zero-order chi connectivity index (χ0) is 20.8. The summed E-state index contributed by atoms with van der Waals surface area (Å²) in [7, 11) is 3.22. The third kappa shape index (κ3) is 2.83. The Balaban J connectivity index is 1.88. The molecule has 2 aliphatic rings. The normalized spacial score (nSPS) is 16.9. The van der Waals surface area contributed by atoms with Crippen LogP contribution in [0.5, 0.6) is 0 Å². The fourth-order valence-corrected chi connectivity index (χ4v) is 5.21. The molecule has 0 N–H and O–H groups in total. The Morgan fingerprint density at radius 3 is 2.60 bits per heavy atom. The van der Waals surface area contributed by atoms with Gasteiger partial charge in [0.15, 0.2) is 0 Å².